The van der Waals surface area contributed by atoms with Crippen molar-refractivity contribution in [3.8, 4) is 5.75 Å². The minimum Gasteiger partial charge on any atom is -0.496 e. The lowest BCUT2D eigenvalue weighted by molar-refractivity contribution is -0.129. The van der Waals surface area contributed by atoms with Gasteiger partial charge in [0.1, 0.15) is 5.75 Å². The molecule has 3 nitrogen and oxygen atoms in total. The van der Waals surface area contributed by atoms with Crippen molar-refractivity contribution in [2.75, 3.05) is 14.2 Å². The first kappa shape index (κ1) is 15.1. The van der Waals surface area contributed by atoms with Crippen LogP contribution in [-0.4, -0.2) is 25.0 Å². The van der Waals surface area contributed by atoms with Gasteiger partial charge in [0, 0.05) is 17.5 Å². The predicted molar refractivity (Wildman–Crippen MR) is 85.2 cm³/mol. The van der Waals surface area contributed by atoms with E-state index in [1.54, 1.807) is 23.3 Å². The van der Waals surface area contributed by atoms with Crippen molar-refractivity contribution >= 4 is 33.2 Å². The van der Waals surface area contributed by atoms with E-state index in [1.807, 2.05) is 43.4 Å². The van der Waals surface area contributed by atoms with Crippen molar-refractivity contribution in [3.05, 3.63) is 50.6 Å². The van der Waals surface area contributed by atoms with E-state index in [-0.39, 0.29) is 5.91 Å². The molecule has 0 aliphatic rings. The maximum absolute atomic E-state index is 12.3. The smallest absolute Gasteiger partial charge is 0.227 e. The van der Waals surface area contributed by atoms with Gasteiger partial charge in [0.25, 0.3) is 0 Å². The highest BCUT2D eigenvalue weighted by Gasteiger charge is 2.13. The van der Waals surface area contributed by atoms with Gasteiger partial charge in [-0.1, -0.05) is 18.2 Å². The Morgan fingerprint density at radius 3 is 2.70 bits per heavy atom. The number of likely N-dealkylation sites (N-methyl/N-ethyl adjacent to an activating group) is 1. The summed E-state index contributed by atoms with van der Waals surface area (Å²) >= 11 is 5.08. The molecule has 5 heteroatoms. The zero-order valence-corrected chi connectivity index (χ0v) is 13.8. The Hall–Kier alpha value is -1.33. The van der Waals surface area contributed by atoms with Gasteiger partial charge in [-0.3, -0.25) is 4.79 Å². The van der Waals surface area contributed by atoms with E-state index in [9.17, 15) is 4.79 Å². The Kier molecular flexibility index (Phi) is 5.20. The van der Waals surface area contributed by atoms with Gasteiger partial charge in [-0.05, 0) is 34.1 Å². The minimum absolute atomic E-state index is 0.0824. The first-order valence-corrected chi connectivity index (χ1v) is 7.81. The SMILES string of the molecule is COc1ccccc1CC(=O)N(C)Cc1ccc(Br)s1. The monoisotopic (exact) mass is 353 g/mol. The molecule has 106 valence electrons. The molecule has 0 radical (unpaired) electrons. The Balaban J connectivity index is 2.00. The summed E-state index contributed by atoms with van der Waals surface area (Å²) in [6.07, 6.45) is 0.354. The van der Waals surface area contributed by atoms with E-state index >= 15 is 0 Å². The Labute approximate surface area is 131 Å². The van der Waals surface area contributed by atoms with Crippen molar-refractivity contribution < 1.29 is 9.53 Å². The Morgan fingerprint density at radius 2 is 2.05 bits per heavy atom. The minimum atomic E-state index is 0.0824. The molecule has 0 saturated heterocycles. The molecular formula is C15H16BrNO2S. The molecule has 2 aromatic rings. The van der Waals surface area contributed by atoms with Crippen LogP contribution in [0.15, 0.2) is 40.2 Å². The van der Waals surface area contributed by atoms with Crippen molar-refractivity contribution in [1.82, 2.24) is 4.90 Å². The van der Waals surface area contributed by atoms with Crippen molar-refractivity contribution in [3.63, 3.8) is 0 Å². The van der Waals surface area contributed by atoms with E-state index in [4.69, 9.17) is 4.74 Å². The van der Waals surface area contributed by atoms with E-state index in [0.717, 1.165) is 20.0 Å². The number of hydrogen-bond acceptors (Lipinski definition) is 3. The van der Waals surface area contributed by atoms with E-state index < -0.39 is 0 Å². The lowest BCUT2D eigenvalue weighted by atomic mass is 10.1. The molecule has 0 aliphatic carbocycles. The average Bonchev–Trinajstić information content (AvgIpc) is 2.84. The molecule has 1 aromatic heterocycles. The zero-order chi connectivity index (χ0) is 14.5. The highest BCUT2D eigenvalue weighted by molar-refractivity contribution is 9.11. The van der Waals surface area contributed by atoms with Gasteiger partial charge in [0.2, 0.25) is 5.91 Å². The molecule has 0 fully saturated rings. The fraction of sp³-hybridized carbons (Fsp3) is 0.267. The molecule has 0 bridgehead atoms. The molecule has 2 rings (SSSR count). The highest BCUT2D eigenvalue weighted by Crippen LogP contribution is 2.23. The van der Waals surface area contributed by atoms with Gasteiger partial charge in [0.15, 0.2) is 0 Å². The lowest BCUT2D eigenvalue weighted by Crippen LogP contribution is -2.27. The molecule has 0 N–H and O–H groups in total. The number of amides is 1. The Bertz CT molecular complexity index is 597. The Morgan fingerprint density at radius 1 is 1.30 bits per heavy atom. The summed E-state index contributed by atoms with van der Waals surface area (Å²) in [4.78, 5) is 15.2. The molecule has 1 amide bonds. The van der Waals surface area contributed by atoms with Crippen LogP contribution in [0.1, 0.15) is 10.4 Å². The number of ether oxygens (including phenoxy) is 1. The lowest BCUT2D eigenvalue weighted by Gasteiger charge is -2.17. The third kappa shape index (κ3) is 3.84. The third-order valence-corrected chi connectivity index (χ3v) is 4.59. The highest BCUT2D eigenvalue weighted by atomic mass is 79.9. The molecule has 0 spiro atoms. The molecule has 0 unspecified atom stereocenters. The first-order chi connectivity index (χ1) is 9.60. The van der Waals surface area contributed by atoms with Crippen LogP contribution in [0.4, 0.5) is 0 Å². The first-order valence-electron chi connectivity index (χ1n) is 6.20. The number of para-hydroxylation sites is 1. The van der Waals surface area contributed by atoms with Crippen molar-refractivity contribution in [1.29, 1.82) is 0 Å². The number of hydrogen-bond donors (Lipinski definition) is 0. The van der Waals surface area contributed by atoms with E-state index in [0.29, 0.717) is 13.0 Å². The number of carbonyl (C=O) groups is 1. The van der Waals surface area contributed by atoms with Crippen LogP contribution in [0.3, 0.4) is 0 Å². The van der Waals surface area contributed by atoms with Crippen molar-refractivity contribution in [2.45, 2.75) is 13.0 Å². The fourth-order valence-corrected chi connectivity index (χ4v) is 3.44. The normalized spacial score (nSPS) is 10.3. The standard InChI is InChI=1S/C15H16BrNO2S/c1-17(10-12-7-8-14(16)20-12)15(18)9-11-5-3-4-6-13(11)19-2/h3-8H,9-10H2,1-2H3. The molecular weight excluding hydrogens is 338 g/mol. The number of benzene rings is 1. The number of thiophene rings is 1. The van der Waals surface area contributed by atoms with E-state index in [2.05, 4.69) is 15.9 Å². The van der Waals surface area contributed by atoms with Crippen LogP contribution in [0, 0.1) is 0 Å². The largest absolute Gasteiger partial charge is 0.496 e. The van der Waals surface area contributed by atoms with Gasteiger partial charge in [-0.25, -0.2) is 0 Å². The second-order valence-corrected chi connectivity index (χ2v) is 6.99. The van der Waals surface area contributed by atoms with Crippen LogP contribution in [-0.2, 0) is 17.8 Å². The average molecular weight is 354 g/mol. The summed E-state index contributed by atoms with van der Waals surface area (Å²) in [5.74, 6) is 0.840. The maximum Gasteiger partial charge on any atom is 0.227 e. The summed E-state index contributed by atoms with van der Waals surface area (Å²) in [6, 6.07) is 11.6. The number of carbonyl (C=O) groups excluding carboxylic acids is 1. The molecule has 0 aliphatic heterocycles. The van der Waals surface area contributed by atoms with Crippen LogP contribution in [0.5, 0.6) is 5.75 Å². The molecule has 1 heterocycles. The van der Waals surface area contributed by atoms with Gasteiger partial charge < -0.3 is 9.64 Å². The summed E-state index contributed by atoms with van der Waals surface area (Å²) < 4.78 is 6.35. The van der Waals surface area contributed by atoms with Crippen LogP contribution >= 0.6 is 27.3 Å². The van der Waals surface area contributed by atoms with Gasteiger partial charge >= 0.3 is 0 Å². The summed E-state index contributed by atoms with van der Waals surface area (Å²) in [7, 11) is 3.45. The number of rotatable bonds is 5. The predicted octanol–water partition coefficient (Wildman–Crippen LogP) is 3.72. The van der Waals surface area contributed by atoms with Gasteiger partial charge in [-0.2, -0.15) is 0 Å². The third-order valence-electron chi connectivity index (χ3n) is 2.98. The summed E-state index contributed by atoms with van der Waals surface area (Å²) in [5.41, 5.74) is 0.916. The number of halogens is 1. The van der Waals surface area contributed by atoms with Crippen molar-refractivity contribution in [2.24, 2.45) is 0 Å². The second kappa shape index (κ2) is 6.90. The maximum atomic E-state index is 12.3. The van der Waals surface area contributed by atoms with E-state index in [1.165, 1.54) is 0 Å². The number of nitrogens with zero attached hydrogens (tertiary/aromatic N) is 1. The van der Waals surface area contributed by atoms with Crippen LogP contribution < -0.4 is 4.74 Å². The zero-order valence-electron chi connectivity index (χ0n) is 11.4. The summed E-state index contributed by atoms with van der Waals surface area (Å²) in [5, 5.41) is 0. The van der Waals surface area contributed by atoms with Gasteiger partial charge in [-0.15, -0.1) is 11.3 Å². The summed E-state index contributed by atoms with van der Waals surface area (Å²) in [6.45, 7) is 0.629. The second-order valence-electron chi connectivity index (χ2n) is 4.44. The van der Waals surface area contributed by atoms with Gasteiger partial charge in [0.05, 0.1) is 23.9 Å². The molecule has 0 saturated carbocycles. The fourth-order valence-electron chi connectivity index (χ4n) is 1.91. The molecule has 20 heavy (non-hydrogen) atoms. The molecule has 1 aromatic carbocycles. The quantitative estimate of drug-likeness (QED) is 0.819. The van der Waals surface area contributed by atoms with Crippen LogP contribution in [0.2, 0.25) is 0 Å². The topological polar surface area (TPSA) is 29.5 Å². The number of methoxy groups -OCH3 is 1. The molecule has 0 atom stereocenters. The van der Waals surface area contributed by atoms with Crippen LogP contribution in [0.25, 0.3) is 0 Å².